The monoisotopic (exact) mass is 414 g/mol. The lowest BCUT2D eigenvalue weighted by Gasteiger charge is -2.49. The number of nitrogens with zero attached hydrogens (tertiary/aromatic N) is 3. The Morgan fingerprint density at radius 1 is 0.897 bits per heavy atom. The average Bonchev–Trinajstić information content (AvgIpc) is 2.67. The van der Waals surface area contributed by atoms with Crippen molar-refractivity contribution in [2.45, 2.75) is 89.9 Å². The van der Waals surface area contributed by atoms with Gasteiger partial charge in [0.15, 0.2) is 0 Å². The van der Waals surface area contributed by atoms with Gasteiger partial charge in [-0.3, -0.25) is 14.6 Å². The van der Waals surface area contributed by atoms with Crippen molar-refractivity contribution in [3.63, 3.8) is 0 Å². The molecule has 0 aromatic carbocycles. The molecule has 3 fully saturated rings. The Morgan fingerprint density at radius 3 is 2.03 bits per heavy atom. The van der Waals surface area contributed by atoms with Crippen LogP contribution in [0.2, 0.25) is 0 Å². The second-order valence-corrected chi connectivity index (χ2v) is 9.88. The molecule has 1 N–H and O–H groups in total. The number of hydrogen-bond acceptors (Lipinski definition) is 4. The molecule has 1 amide bonds. The highest BCUT2D eigenvalue weighted by Gasteiger charge is 2.49. The third-order valence-corrected chi connectivity index (χ3v) is 6.93. The molecular formula is C22H40F2N4O. The number of carbonyl (C=O) groups is 1. The number of carbonyl (C=O) groups excluding carboxylic acids is 1. The Morgan fingerprint density at radius 2 is 1.52 bits per heavy atom. The van der Waals surface area contributed by atoms with Crippen LogP contribution in [0.4, 0.5) is 8.78 Å². The number of rotatable bonds is 5. The fourth-order valence-electron chi connectivity index (χ4n) is 5.41. The van der Waals surface area contributed by atoms with Gasteiger partial charge in [-0.2, -0.15) is 0 Å². The molecule has 2 heterocycles. The number of piperidine rings is 1. The molecule has 0 aromatic rings. The van der Waals surface area contributed by atoms with Crippen LogP contribution in [-0.2, 0) is 4.79 Å². The van der Waals surface area contributed by atoms with E-state index in [1.165, 1.54) is 0 Å². The van der Waals surface area contributed by atoms with E-state index in [0.717, 1.165) is 32.2 Å². The molecule has 0 radical (unpaired) electrons. The Labute approximate surface area is 175 Å². The van der Waals surface area contributed by atoms with Gasteiger partial charge in [0.2, 0.25) is 5.91 Å². The second-order valence-electron chi connectivity index (χ2n) is 9.88. The summed E-state index contributed by atoms with van der Waals surface area (Å²) in [7, 11) is 0. The van der Waals surface area contributed by atoms with Crippen LogP contribution in [-0.4, -0.2) is 90.0 Å². The van der Waals surface area contributed by atoms with Crippen molar-refractivity contribution in [3.05, 3.63) is 0 Å². The van der Waals surface area contributed by atoms with Crippen molar-refractivity contribution < 1.29 is 13.6 Å². The number of amides is 1. The summed E-state index contributed by atoms with van der Waals surface area (Å²) >= 11 is 0. The van der Waals surface area contributed by atoms with Gasteiger partial charge in [0.1, 0.15) is 0 Å². The summed E-state index contributed by atoms with van der Waals surface area (Å²) in [4.78, 5) is 18.0. The van der Waals surface area contributed by atoms with E-state index < -0.39 is 12.0 Å². The van der Waals surface area contributed by atoms with Crippen LogP contribution < -0.4 is 5.32 Å². The van der Waals surface area contributed by atoms with E-state index in [4.69, 9.17) is 0 Å². The van der Waals surface area contributed by atoms with Crippen LogP contribution in [0.1, 0.15) is 59.8 Å². The maximum absolute atomic E-state index is 15.1. The predicted octanol–water partition coefficient (Wildman–Crippen LogP) is 2.81. The molecule has 1 atom stereocenters. The molecule has 1 aliphatic carbocycles. The minimum Gasteiger partial charge on any atom is -0.340 e. The number of alkyl halides is 2. The molecule has 3 rings (SSSR count). The van der Waals surface area contributed by atoms with Crippen molar-refractivity contribution in [3.8, 4) is 0 Å². The molecule has 29 heavy (non-hydrogen) atoms. The van der Waals surface area contributed by atoms with Gasteiger partial charge in [0, 0.05) is 56.8 Å². The average molecular weight is 415 g/mol. The molecule has 5 nitrogen and oxygen atoms in total. The molecule has 1 unspecified atom stereocenters. The van der Waals surface area contributed by atoms with Crippen molar-refractivity contribution in [2.24, 2.45) is 5.92 Å². The normalized spacial score (nSPS) is 32.1. The van der Waals surface area contributed by atoms with Crippen LogP contribution in [0.3, 0.4) is 0 Å². The summed E-state index contributed by atoms with van der Waals surface area (Å²) < 4.78 is 30.2. The first kappa shape index (κ1) is 22.9. The van der Waals surface area contributed by atoms with Crippen LogP contribution in [0.5, 0.6) is 0 Å². The van der Waals surface area contributed by atoms with Gasteiger partial charge in [-0.05, 0) is 32.1 Å². The maximum Gasteiger partial charge on any atom is 0.275 e. The Bertz CT molecular complexity index is 541. The predicted molar refractivity (Wildman–Crippen MR) is 112 cm³/mol. The zero-order valence-corrected chi connectivity index (χ0v) is 18.7. The Kier molecular flexibility index (Phi) is 7.55. The first-order valence-corrected chi connectivity index (χ1v) is 11.6. The lowest BCUT2D eigenvalue weighted by Crippen LogP contribution is -2.63. The van der Waals surface area contributed by atoms with Crippen LogP contribution >= 0.6 is 0 Å². The van der Waals surface area contributed by atoms with Crippen LogP contribution in [0, 0.1) is 5.92 Å². The van der Waals surface area contributed by atoms with Gasteiger partial charge in [-0.25, -0.2) is 8.78 Å². The molecular weight excluding hydrogens is 374 g/mol. The summed E-state index contributed by atoms with van der Waals surface area (Å²) in [6.07, 6.45) is 4.72. The SMILES string of the molecule is CC(C)NC1CCC(N2CCC(N3CCN(C(=O)C(C)C)CC3)C(F)(F)C2)CC1. The smallest absolute Gasteiger partial charge is 0.275 e. The van der Waals surface area contributed by atoms with E-state index in [9.17, 15) is 4.79 Å². The second kappa shape index (κ2) is 9.56. The van der Waals surface area contributed by atoms with Crippen molar-refractivity contribution in [2.75, 3.05) is 39.3 Å². The molecule has 2 aliphatic heterocycles. The maximum atomic E-state index is 15.1. The third kappa shape index (κ3) is 5.67. The molecule has 168 valence electrons. The van der Waals surface area contributed by atoms with Gasteiger partial charge >= 0.3 is 0 Å². The highest BCUT2D eigenvalue weighted by Crippen LogP contribution is 2.35. The first-order valence-electron chi connectivity index (χ1n) is 11.6. The van der Waals surface area contributed by atoms with E-state index >= 15 is 8.78 Å². The summed E-state index contributed by atoms with van der Waals surface area (Å²) in [6.45, 7) is 11.0. The van der Waals surface area contributed by atoms with E-state index in [-0.39, 0.29) is 18.4 Å². The minimum absolute atomic E-state index is 0.0305. The molecule has 0 spiro atoms. The van der Waals surface area contributed by atoms with E-state index in [2.05, 4.69) is 24.1 Å². The summed E-state index contributed by atoms with van der Waals surface area (Å²) in [5, 5.41) is 3.59. The fraction of sp³-hybridized carbons (Fsp3) is 0.955. The third-order valence-electron chi connectivity index (χ3n) is 6.93. The molecule has 3 aliphatic rings. The van der Waals surface area contributed by atoms with Gasteiger partial charge in [-0.1, -0.05) is 27.7 Å². The van der Waals surface area contributed by atoms with E-state index in [1.54, 1.807) is 0 Å². The highest BCUT2D eigenvalue weighted by atomic mass is 19.3. The lowest BCUT2D eigenvalue weighted by molar-refractivity contribution is -0.149. The molecule has 2 saturated heterocycles. The van der Waals surface area contributed by atoms with Gasteiger partial charge in [0.25, 0.3) is 5.92 Å². The van der Waals surface area contributed by atoms with Crippen molar-refractivity contribution in [1.82, 2.24) is 20.0 Å². The van der Waals surface area contributed by atoms with Gasteiger partial charge in [-0.15, -0.1) is 0 Å². The van der Waals surface area contributed by atoms with E-state index in [0.29, 0.717) is 50.7 Å². The number of nitrogens with one attached hydrogen (secondary N) is 1. The summed E-state index contributed by atoms with van der Waals surface area (Å²) in [6, 6.07) is 0.628. The van der Waals surface area contributed by atoms with Crippen molar-refractivity contribution in [1.29, 1.82) is 0 Å². The molecule has 1 saturated carbocycles. The fourth-order valence-corrected chi connectivity index (χ4v) is 5.41. The standard InChI is InChI=1S/C22H40F2N4O/c1-16(2)21(29)27-13-11-26(12-14-27)20-9-10-28(15-22(20,23)24)19-7-5-18(6-8-19)25-17(3)4/h16-20,25H,5-15H2,1-4H3. The van der Waals surface area contributed by atoms with E-state index in [1.807, 2.05) is 23.6 Å². The number of halogens is 2. The quantitative estimate of drug-likeness (QED) is 0.751. The molecule has 0 bridgehead atoms. The van der Waals surface area contributed by atoms with Crippen molar-refractivity contribution >= 4 is 5.91 Å². The van der Waals surface area contributed by atoms with Crippen LogP contribution in [0.15, 0.2) is 0 Å². The molecule has 0 aromatic heterocycles. The zero-order valence-electron chi connectivity index (χ0n) is 18.7. The lowest BCUT2D eigenvalue weighted by atomic mass is 9.87. The first-order chi connectivity index (χ1) is 13.7. The number of piperazine rings is 1. The number of hydrogen-bond donors (Lipinski definition) is 1. The highest BCUT2D eigenvalue weighted by molar-refractivity contribution is 5.78. The zero-order chi connectivity index (χ0) is 21.2. The topological polar surface area (TPSA) is 38.8 Å². The summed E-state index contributed by atoms with van der Waals surface area (Å²) in [5.41, 5.74) is 0. The Hall–Kier alpha value is -0.790. The summed E-state index contributed by atoms with van der Waals surface area (Å²) in [5.74, 6) is -2.58. The largest absolute Gasteiger partial charge is 0.340 e. The Balaban J connectivity index is 1.49. The van der Waals surface area contributed by atoms with Crippen LogP contribution in [0.25, 0.3) is 0 Å². The van der Waals surface area contributed by atoms with Gasteiger partial charge in [0.05, 0.1) is 12.6 Å². The minimum atomic E-state index is -2.69. The number of likely N-dealkylation sites (tertiary alicyclic amines) is 1. The van der Waals surface area contributed by atoms with Gasteiger partial charge < -0.3 is 10.2 Å². The molecule has 7 heteroatoms.